The van der Waals surface area contributed by atoms with Crippen LogP contribution in [0.2, 0.25) is 5.02 Å². The van der Waals surface area contributed by atoms with Crippen LogP contribution < -0.4 is 5.32 Å². The molecule has 2 unspecified atom stereocenters. The maximum Gasteiger partial charge on any atom is 0.307 e. The lowest BCUT2D eigenvalue weighted by Gasteiger charge is -2.34. The molecule has 1 aliphatic heterocycles. The molecule has 6 heteroatoms. The molecule has 22 heavy (non-hydrogen) atoms. The molecule has 5 nitrogen and oxygen atoms in total. The van der Waals surface area contributed by atoms with Crippen molar-refractivity contribution < 1.29 is 14.7 Å². The quantitative estimate of drug-likeness (QED) is 0.873. The number of hydrogen-bond donors (Lipinski definition) is 2. The lowest BCUT2D eigenvalue weighted by Crippen LogP contribution is -2.43. The number of halogens is 1. The summed E-state index contributed by atoms with van der Waals surface area (Å²) in [6, 6.07) is 6.95. The zero-order valence-electron chi connectivity index (χ0n) is 12.6. The van der Waals surface area contributed by atoms with Gasteiger partial charge < -0.3 is 15.3 Å². The number of anilines is 1. The second-order valence-corrected chi connectivity index (χ2v) is 6.38. The fourth-order valence-corrected chi connectivity index (χ4v) is 2.97. The average Bonchev–Trinajstić information content (AvgIpc) is 2.47. The van der Waals surface area contributed by atoms with Gasteiger partial charge in [-0.1, -0.05) is 18.5 Å². The van der Waals surface area contributed by atoms with Crippen LogP contribution >= 0.6 is 11.6 Å². The van der Waals surface area contributed by atoms with Crippen LogP contribution in [0.15, 0.2) is 24.3 Å². The van der Waals surface area contributed by atoms with E-state index in [0.29, 0.717) is 42.6 Å². The van der Waals surface area contributed by atoms with Gasteiger partial charge in [0.15, 0.2) is 0 Å². The lowest BCUT2D eigenvalue weighted by molar-refractivity contribution is -0.144. The Bertz CT molecular complexity index is 533. The van der Waals surface area contributed by atoms with Crippen molar-refractivity contribution >= 4 is 29.2 Å². The highest BCUT2D eigenvalue weighted by molar-refractivity contribution is 6.30. The van der Waals surface area contributed by atoms with E-state index in [9.17, 15) is 9.59 Å². The number of nitrogens with zero attached hydrogens (tertiary/aromatic N) is 1. The first kappa shape index (κ1) is 16.8. The molecule has 1 aliphatic rings. The van der Waals surface area contributed by atoms with E-state index in [1.807, 2.05) is 0 Å². The number of carboxylic acids is 1. The van der Waals surface area contributed by atoms with Crippen molar-refractivity contribution in [3.63, 3.8) is 0 Å². The van der Waals surface area contributed by atoms with E-state index in [-0.39, 0.29) is 11.8 Å². The van der Waals surface area contributed by atoms with Crippen LogP contribution in [-0.2, 0) is 9.59 Å². The monoisotopic (exact) mass is 324 g/mol. The molecule has 1 saturated heterocycles. The lowest BCUT2D eigenvalue weighted by atomic mass is 9.90. The zero-order chi connectivity index (χ0) is 16.1. The Hall–Kier alpha value is -1.59. The van der Waals surface area contributed by atoms with Crippen LogP contribution in [0.4, 0.5) is 5.69 Å². The number of carboxylic acid groups (broad SMARTS) is 1. The Morgan fingerprint density at radius 1 is 1.32 bits per heavy atom. The van der Waals surface area contributed by atoms with Crippen LogP contribution in [0, 0.1) is 11.8 Å². The molecule has 1 amide bonds. The van der Waals surface area contributed by atoms with Gasteiger partial charge in [-0.3, -0.25) is 9.59 Å². The molecule has 0 aliphatic carbocycles. The summed E-state index contributed by atoms with van der Waals surface area (Å²) in [5, 5.41) is 12.6. The van der Waals surface area contributed by atoms with Crippen LogP contribution in [-0.4, -0.2) is 41.5 Å². The minimum Gasteiger partial charge on any atom is -0.481 e. The highest BCUT2D eigenvalue weighted by atomic mass is 35.5. The molecular formula is C16H21ClN2O3. The van der Waals surface area contributed by atoms with E-state index in [0.717, 1.165) is 6.54 Å². The number of rotatable bonds is 5. The summed E-state index contributed by atoms with van der Waals surface area (Å²) in [5.41, 5.74) is 0.713. The van der Waals surface area contributed by atoms with Crippen molar-refractivity contribution in [2.75, 3.05) is 25.0 Å². The standard InChI is InChI=1S/C16H21ClN2O3/c1-11-8-12(16(21)22)10-19(9-11)7-6-15(20)18-14-4-2-13(17)3-5-14/h2-5,11-12H,6-10H2,1H3,(H,18,20)(H,21,22). The summed E-state index contributed by atoms with van der Waals surface area (Å²) >= 11 is 5.80. The third kappa shape index (κ3) is 5.00. The Morgan fingerprint density at radius 2 is 2.00 bits per heavy atom. The maximum absolute atomic E-state index is 11.9. The first-order chi connectivity index (χ1) is 10.4. The summed E-state index contributed by atoms with van der Waals surface area (Å²) in [4.78, 5) is 25.1. The number of likely N-dealkylation sites (tertiary alicyclic amines) is 1. The first-order valence-corrected chi connectivity index (χ1v) is 7.82. The summed E-state index contributed by atoms with van der Waals surface area (Å²) < 4.78 is 0. The fourth-order valence-electron chi connectivity index (χ4n) is 2.84. The van der Waals surface area contributed by atoms with Gasteiger partial charge in [0.2, 0.25) is 5.91 Å². The number of carbonyl (C=O) groups excluding carboxylic acids is 1. The van der Waals surface area contributed by atoms with E-state index >= 15 is 0 Å². The maximum atomic E-state index is 11.9. The predicted octanol–water partition coefficient (Wildman–Crippen LogP) is 2.71. The van der Waals surface area contributed by atoms with Crippen LogP contribution in [0.5, 0.6) is 0 Å². The molecule has 2 atom stereocenters. The topological polar surface area (TPSA) is 69.6 Å². The van der Waals surface area contributed by atoms with E-state index in [4.69, 9.17) is 16.7 Å². The summed E-state index contributed by atoms with van der Waals surface area (Å²) in [7, 11) is 0. The van der Waals surface area contributed by atoms with Gasteiger partial charge in [-0.2, -0.15) is 0 Å². The minimum absolute atomic E-state index is 0.0765. The van der Waals surface area contributed by atoms with E-state index in [1.165, 1.54) is 0 Å². The Kier molecular flexibility index (Phi) is 5.80. The number of carbonyl (C=O) groups is 2. The second-order valence-electron chi connectivity index (χ2n) is 5.94. The van der Waals surface area contributed by atoms with Gasteiger partial charge in [0.25, 0.3) is 0 Å². The number of amides is 1. The summed E-state index contributed by atoms with van der Waals surface area (Å²) in [5.74, 6) is -0.813. The molecule has 0 bridgehead atoms. The smallest absolute Gasteiger partial charge is 0.307 e. The molecule has 0 radical (unpaired) electrons. The highest BCUT2D eigenvalue weighted by Gasteiger charge is 2.29. The van der Waals surface area contributed by atoms with Gasteiger partial charge in [-0.05, 0) is 36.6 Å². The van der Waals surface area contributed by atoms with Crippen molar-refractivity contribution in [2.24, 2.45) is 11.8 Å². The largest absolute Gasteiger partial charge is 0.481 e. The number of nitrogens with one attached hydrogen (secondary N) is 1. The summed E-state index contributed by atoms with van der Waals surface area (Å²) in [6.07, 6.45) is 1.06. The van der Waals surface area contributed by atoms with E-state index in [1.54, 1.807) is 24.3 Å². The van der Waals surface area contributed by atoms with Crippen molar-refractivity contribution in [3.05, 3.63) is 29.3 Å². The average molecular weight is 325 g/mol. The third-order valence-electron chi connectivity index (χ3n) is 3.87. The number of hydrogen-bond acceptors (Lipinski definition) is 3. The third-order valence-corrected chi connectivity index (χ3v) is 4.12. The molecule has 120 valence electrons. The van der Waals surface area contributed by atoms with Crippen LogP contribution in [0.1, 0.15) is 19.8 Å². The minimum atomic E-state index is -0.748. The SMILES string of the molecule is CC1CC(C(=O)O)CN(CCC(=O)Nc2ccc(Cl)cc2)C1. The molecule has 1 heterocycles. The predicted molar refractivity (Wildman–Crippen MR) is 86.0 cm³/mol. The fraction of sp³-hybridized carbons (Fsp3) is 0.500. The molecule has 0 spiro atoms. The van der Waals surface area contributed by atoms with Crippen LogP contribution in [0.25, 0.3) is 0 Å². The van der Waals surface area contributed by atoms with Gasteiger partial charge in [0.05, 0.1) is 5.92 Å². The Labute approximate surface area is 135 Å². The number of benzene rings is 1. The Morgan fingerprint density at radius 3 is 2.64 bits per heavy atom. The molecular weight excluding hydrogens is 304 g/mol. The normalized spacial score (nSPS) is 22.3. The Balaban J connectivity index is 1.80. The van der Waals surface area contributed by atoms with Crippen molar-refractivity contribution in [3.8, 4) is 0 Å². The molecule has 2 N–H and O–H groups in total. The van der Waals surface area contributed by atoms with Gasteiger partial charge in [0, 0.05) is 36.8 Å². The molecule has 0 saturated carbocycles. The zero-order valence-corrected chi connectivity index (χ0v) is 13.3. The van der Waals surface area contributed by atoms with Gasteiger partial charge >= 0.3 is 5.97 Å². The molecule has 1 fully saturated rings. The number of piperidine rings is 1. The van der Waals surface area contributed by atoms with Crippen molar-refractivity contribution in [1.82, 2.24) is 4.90 Å². The van der Waals surface area contributed by atoms with E-state index < -0.39 is 5.97 Å². The highest BCUT2D eigenvalue weighted by Crippen LogP contribution is 2.22. The van der Waals surface area contributed by atoms with Gasteiger partial charge in [0.1, 0.15) is 0 Å². The number of aliphatic carboxylic acids is 1. The summed E-state index contributed by atoms with van der Waals surface area (Å²) in [6.45, 7) is 4.00. The molecule has 2 rings (SSSR count). The van der Waals surface area contributed by atoms with E-state index in [2.05, 4.69) is 17.1 Å². The van der Waals surface area contributed by atoms with Crippen LogP contribution in [0.3, 0.4) is 0 Å². The first-order valence-electron chi connectivity index (χ1n) is 7.44. The molecule has 1 aromatic carbocycles. The molecule has 0 aromatic heterocycles. The second kappa shape index (κ2) is 7.61. The molecule has 1 aromatic rings. The van der Waals surface area contributed by atoms with Gasteiger partial charge in [-0.25, -0.2) is 0 Å². The van der Waals surface area contributed by atoms with Crippen molar-refractivity contribution in [1.29, 1.82) is 0 Å². The van der Waals surface area contributed by atoms with Crippen molar-refractivity contribution in [2.45, 2.75) is 19.8 Å². The van der Waals surface area contributed by atoms with Gasteiger partial charge in [-0.15, -0.1) is 0 Å².